The number of carbonyl (C=O) groups excluding carboxylic acids is 3. The standard InChI is InChI=1S/C20H21NO5/c1-14(22)17-10-18(15(2)23)12-19(11-17)25-9-8-21-20(24)26-13-16-6-4-3-5-7-16/h3-7,10-12H,8-9,13H2,1-2H3,(H,21,24). The lowest BCUT2D eigenvalue weighted by molar-refractivity contribution is 0.101. The van der Waals surface area contributed by atoms with Crippen LogP contribution in [-0.2, 0) is 11.3 Å². The van der Waals surface area contributed by atoms with E-state index in [9.17, 15) is 14.4 Å². The lowest BCUT2D eigenvalue weighted by atomic mass is 10.1. The van der Waals surface area contributed by atoms with Gasteiger partial charge in [-0.15, -0.1) is 0 Å². The summed E-state index contributed by atoms with van der Waals surface area (Å²) in [6.45, 7) is 3.45. The van der Waals surface area contributed by atoms with E-state index in [1.54, 1.807) is 12.1 Å². The van der Waals surface area contributed by atoms with Crippen LogP contribution in [0.3, 0.4) is 0 Å². The third-order valence-corrected chi connectivity index (χ3v) is 3.57. The van der Waals surface area contributed by atoms with Crippen LogP contribution in [0.25, 0.3) is 0 Å². The average molecular weight is 355 g/mol. The molecule has 0 saturated heterocycles. The lowest BCUT2D eigenvalue weighted by Gasteiger charge is -2.10. The Labute approximate surface area is 152 Å². The minimum atomic E-state index is -0.542. The molecule has 2 aromatic rings. The monoisotopic (exact) mass is 355 g/mol. The number of ether oxygens (including phenoxy) is 2. The van der Waals surface area contributed by atoms with Crippen molar-refractivity contribution in [2.45, 2.75) is 20.5 Å². The van der Waals surface area contributed by atoms with Gasteiger partial charge in [-0.1, -0.05) is 30.3 Å². The van der Waals surface area contributed by atoms with E-state index in [1.807, 2.05) is 30.3 Å². The van der Waals surface area contributed by atoms with Gasteiger partial charge in [-0.2, -0.15) is 0 Å². The van der Waals surface area contributed by atoms with Crippen molar-refractivity contribution in [1.29, 1.82) is 0 Å². The first-order valence-electron chi connectivity index (χ1n) is 8.20. The number of nitrogens with one attached hydrogen (secondary N) is 1. The number of amides is 1. The fraction of sp³-hybridized carbons (Fsp3) is 0.250. The van der Waals surface area contributed by atoms with Gasteiger partial charge in [0.25, 0.3) is 0 Å². The lowest BCUT2D eigenvalue weighted by Crippen LogP contribution is -2.28. The van der Waals surface area contributed by atoms with Crippen LogP contribution in [0.2, 0.25) is 0 Å². The fourth-order valence-electron chi connectivity index (χ4n) is 2.19. The normalized spacial score (nSPS) is 10.1. The molecule has 0 radical (unpaired) electrons. The van der Waals surface area contributed by atoms with E-state index < -0.39 is 6.09 Å². The SMILES string of the molecule is CC(=O)c1cc(OCCNC(=O)OCc2ccccc2)cc(C(C)=O)c1. The van der Waals surface area contributed by atoms with E-state index in [4.69, 9.17) is 9.47 Å². The molecule has 26 heavy (non-hydrogen) atoms. The van der Waals surface area contributed by atoms with Gasteiger partial charge in [0.05, 0.1) is 6.54 Å². The van der Waals surface area contributed by atoms with E-state index >= 15 is 0 Å². The van der Waals surface area contributed by atoms with Crippen molar-refractivity contribution < 1.29 is 23.9 Å². The second-order valence-electron chi connectivity index (χ2n) is 5.70. The van der Waals surface area contributed by atoms with Crippen molar-refractivity contribution in [1.82, 2.24) is 5.32 Å². The van der Waals surface area contributed by atoms with Crippen LogP contribution in [0.5, 0.6) is 5.75 Å². The number of hydrogen-bond donors (Lipinski definition) is 1. The molecule has 2 rings (SSSR count). The number of hydrogen-bond acceptors (Lipinski definition) is 5. The molecule has 0 heterocycles. The molecule has 136 valence electrons. The molecular weight excluding hydrogens is 334 g/mol. The van der Waals surface area contributed by atoms with Gasteiger partial charge in [0.15, 0.2) is 11.6 Å². The Morgan fingerprint density at radius 1 is 0.923 bits per heavy atom. The molecule has 6 nitrogen and oxygen atoms in total. The summed E-state index contributed by atoms with van der Waals surface area (Å²) < 4.78 is 10.6. The number of benzene rings is 2. The number of ketones is 2. The first-order valence-corrected chi connectivity index (χ1v) is 8.20. The van der Waals surface area contributed by atoms with Crippen LogP contribution in [-0.4, -0.2) is 30.8 Å². The van der Waals surface area contributed by atoms with Crippen LogP contribution in [0.4, 0.5) is 4.79 Å². The van der Waals surface area contributed by atoms with Gasteiger partial charge in [-0.25, -0.2) is 4.79 Å². The summed E-state index contributed by atoms with van der Waals surface area (Å²) in [6, 6.07) is 14.0. The summed E-state index contributed by atoms with van der Waals surface area (Å²) in [7, 11) is 0. The maximum atomic E-state index is 11.6. The number of rotatable bonds is 8. The van der Waals surface area contributed by atoms with Gasteiger partial charge in [0, 0.05) is 11.1 Å². The highest BCUT2D eigenvalue weighted by Gasteiger charge is 2.09. The molecule has 0 unspecified atom stereocenters. The second-order valence-corrected chi connectivity index (χ2v) is 5.70. The van der Waals surface area contributed by atoms with Gasteiger partial charge in [0.2, 0.25) is 0 Å². The second kappa shape index (κ2) is 9.36. The summed E-state index contributed by atoms with van der Waals surface area (Å²) >= 11 is 0. The van der Waals surface area contributed by atoms with Gasteiger partial charge in [0.1, 0.15) is 19.0 Å². The van der Waals surface area contributed by atoms with Gasteiger partial charge >= 0.3 is 6.09 Å². The highest BCUT2D eigenvalue weighted by Crippen LogP contribution is 2.18. The van der Waals surface area contributed by atoms with E-state index in [-0.39, 0.29) is 31.3 Å². The number of Topliss-reactive ketones (excluding diaryl/α,β-unsaturated/α-hetero) is 2. The highest BCUT2D eigenvalue weighted by molar-refractivity contribution is 6.00. The molecule has 0 atom stereocenters. The Hall–Kier alpha value is -3.15. The summed E-state index contributed by atoms with van der Waals surface area (Å²) in [5.41, 5.74) is 1.71. The van der Waals surface area contributed by atoms with Crippen LogP contribution in [0, 0.1) is 0 Å². The van der Waals surface area contributed by atoms with Crippen molar-refractivity contribution >= 4 is 17.7 Å². The molecule has 2 aromatic carbocycles. The Morgan fingerprint density at radius 3 is 2.12 bits per heavy atom. The fourth-order valence-corrected chi connectivity index (χ4v) is 2.19. The zero-order chi connectivity index (χ0) is 18.9. The third kappa shape index (κ3) is 6.05. The van der Waals surface area contributed by atoms with E-state index in [0.29, 0.717) is 16.9 Å². The Balaban J connectivity index is 1.79. The maximum absolute atomic E-state index is 11.6. The number of alkyl carbamates (subject to hydrolysis) is 1. The largest absolute Gasteiger partial charge is 0.492 e. The summed E-state index contributed by atoms with van der Waals surface area (Å²) in [5.74, 6) is 0.100. The van der Waals surface area contributed by atoms with Crippen molar-refractivity contribution in [3.63, 3.8) is 0 Å². The predicted octanol–water partition coefficient (Wildman–Crippen LogP) is 3.40. The molecule has 0 aromatic heterocycles. The van der Waals surface area contributed by atoms with Crippen LogP contribution >= 0.6 is 0 Å². The molecule has 0 aliphatic heterocycles. The first-order chi connectivity index (χ1) is 12.5. The topological polar surface area (TPSA) is 81.7 Å². The summed E-state index contributed by atoms with van der Waals surface area (Å²) in [4.78, 5) is 34.7. The highest BCUT2D eigenvalue weighted by atomic mass is 16.5. The Kier molecular flexibility index (Phi) is 6.91. The molecule has 0 aliphatic carbocycles. The smallest absolute Gasteiger partial charge is 0.407 e. The van der Waals surface area contributed by atoms with Crippen molar-refractivity contribution in [2.75, 3.05) is 13.2 Å². The summed E-state index contributed by atoms with van der Waals surface area (Å²) in [5, 5.41) is 2.58. The molecule has 0 bridgehead atoms. The zero-order valence-electron chi connectivity index (χ0n) is 14.8. The minimum Gasteiger partial charge on any atom is -0.492 e. The third-order valence-electron chi connectivity index (χ3n) is 3.57. The van der Waals surface area contributed by atoms with Crippen molar-refractivity contribution in [3.05, 3.63) is 65.2 Å². The molecule has 1 N–H and O–H groups in total. The van der Waals surface area contributed by atoms with E-state index in [1.165, 1.54) is 19.9 Å². The molecule has 0 saturated carbocycles. The van der Waals surface area contributed by atoms with E-state index in [2.05, 4.69) is 5.32 Å². The number of carbonyl (C=O) groups is 3. The molecule has 0 fully saturated rings. The Morgan fingerprint density at radius 2 is 1.54 bits per heavy atom. The van der Waals surface area contributed by atoms with Gasteiger partial charge in [-0.3, -0.25) is 9.59 Å². The van der Waals surface area contributed by atoms with Gasteiger partial charge < -0.3 is 14.8 Å². The molecule has 6 heteroatoms. The predicted molar refractivity (Wildman–Crippen MR) is 96.6 cm³/mol. The molecule has 0 aliphatic rings. The summed E-state index contributed by atoms with van der Waals surface area (Å²) in [6.07, 6.45) is -0.542. The minimum absolute atomic E-state index is 0.152. The van der Waals surface area contributed by atoms with Crippen LogP contribution < -0.4 is 10.1 Å². The quantitative estimate of drug-likeness (QED) is 0.580. The van der Waals surface area contributed by atoms with Crippen LogP contribution in [0.1, 0.15) is 40.1 Å². The zero-order valence-corrected chi connectivity index (χ0v) is 14.8. The molecule has 1 amide bonds. The van der Waals surface area contributed by atoms with Crippen molar-refractivity contribution in [2.24, 2.45) is 0 Å². The molecule has 0 spiro atoms. The van der Waals surface area contributed by atoms with Crippen molar-refractivity contribution in [3.8, 4) is 5.75 Å². The first kappa shape index (κ1) is 19.2. The van der Waals surface area contributed by atoms with Crippen LogP contribution in [0.15, 0.2) is 48.5 Å². The average Bonchev–Trinajstić information content (AvgIpc) is 2.64. The Bertz CT molecular complexity index is 754. The maximum Gasteiger partial charge on any atom is 0.407 e. The molecular formula is C20H21NO5. The van der Waals surface area contributed by atoms with E-state index in [0.717, 1.165) is 5.56 Å². The van der Waals surface area contributed by atoms with Gasteiger partial charge in [-0.05, 0) is 37.6 Å².